The number of alkyl carbamates (subject to hydrolysis) is 1. The van der Waals surface area contributed by atoms with Crippen molar-refractivity contribution < 1.29 is 9.53 Å². The number of amides is 1. The molecule has 0 unspecified atom stereocenters. The van der Waals surface area contributed by atoms with Crippen molar-refractivity contribution in [2.45, 2.75) is 12.8 Å². The molecule has 7 heteroatoms. The van der Waals surface area contributed by atoms with Crippen LogP contribution in [0.3, 0.4) is 0 Å². The monoisotopic (exact) mass is 267 g/mol. The average molecular weight is 267 g/mol. The van der Waals surface area contributed by atoms with Crippen molar-refractivity contribution in [2.75, 3.05) is 43.6 Å². The molecule has 0 fully saturated rings. The van der Waals surface area contributed by atoms with E-state index in [0.717, 1.165) is 19.4 Å². The van der Waals surface area contributed by atoms with Crippen molar-refractivity contribution in [1.82, 2.24) is 10.3 Å². The summed E-state index contributed by atoms with van der Waals surface area (Å²) in [6, 6.07) is 1.67. The fourth-order valence-corrected chi connectivity index (χ4v) is 1.57. The Balaban J connectivity index is 2.33. The minimum atomic E-state index is -0.407. The van der Waals surface area contributed by atoms with Crippen molar-refractivity contribution in [3.8, 4) is 0 Å². The Kier molecular flexibility index (Phi) is 5.72. The van der Waals surface area contributed by atoms with Gasteiger partial charge in [0.15, 0.2) is 5.82 Å². The summed E-state index contributed by atoms with van der Waals surface area (Å²) in [7, 11) is 3.43. The zero-order valence-electron chi connectivity index (χ0n) is 11.3. The molecule has 1 aromatic heterocycles. The lowest BCUT2D eigenvalue weighted by atomic mass is 10.3. The van der Waals surface area contributed by atoms with Crippen molar-refractivity contribution in [3.63, 3.8) is 0 Å². The normalized spacial score (nSPS) is 10.0. The van der Waals surface area contributed by atoms with E-state index in [1.54, 1.807) is 12.3 Å². The highest BCUT2D eigenvalue weighted by Crippen LogP contribution is 2.24. The Morgan fingerprint density at radius 3 is 2.89 bits per heavy atom. The largest absolute Gasteiger partial charge is 0.450 e. The Hall–Kier alpha value is -2.18. The van der Waals surface area contributed by atoms with Crippen LogP contribution in [0, 0.1) is 0 Å². The van der Waals surface area contributed by atoms with Crippen molar-refractivity contribution in [3.05, 3.63) is 12.3 Å². The first-order valence-electron chi connectivity index (χ1n) is 6.12. The summed E-state index contributed by atoms with van der Waals surface area (Å²) in [5, 5.41) is 2.39. The van der Waals surface area contributed by atoms with Gasteiger partial charge >= 0.3 is 6.09 Å². The van der Waals surface area contributed by atoms with E-state index in [1.165, 1.54) is 7.05 Å². The second-order valence-corrected chi connectivity index (χ2v) is 4.15. The molecular formula is C12H21N5O2. The molecule has 0 spiro atoms. The van der Waals surface area contributed by atoms with Crippen LogP contribution in [0.15, 0.2) is 12.3 Å². The number of nitrogens with one attached hydrogen (secondary N) is 1. The first-order valence-corrected chi connectivity index (χ1v) is 6.12. The van der Waals surface area contributed by atoms with Gasteiger partial charge in [-0.15, -0.1) is 0 Å². The fourth-order valence-electron chi connectivity index (χ4n) is 1.57. The molecule has 0 saturated heterocycles. The molecule has 0 radical (unpaired) electrons. The first-order chi connectivity index (χ1) is 9.06. The minimum Gasteiger partial charge on any atom is -0.450 e. The molecule has 1 aromatic rings. The average Bonchev–Trinajstić information content (AvgIpc) is 2.40. The summed E-state index contributed by atoms with van der Waals surface area (Å²) < 4.78 is 4.89. The lowest BCUT2D eigenvalue weighted by molar-refractivity contribution is 0.146. The molecule has 0 saturated carbocycles. The van der Waals surface area contributed by atoms with E-state index >= 15 is 0 Å². The van der Waals surface area contributed by atoms with Crippen LogP contribution in [-0.4, -0.2) is 38.3 Å². The number of unbranched alkanes of at least 4 members (excludes halogenated alkanes) is 1. The van der Waals surface area contributed by atoms with Crippen molar-refractivity contribution in [1.29, 1.82) is 0 Å². The number of hydrogen-bond acceptors (Lipinski definition) is 6. The molecule has 106 valence electrons. The van der Waals surface area contributed by atoms with E-state index < -0.39 is 6.09 Å². The topological polar surface area (TPSA) is 106 Å². The summed E-state index contributed by atoms with van der Waals surface area (Å²) >= 11 is 0. The summed E-state index contributed by atoms with van der Waals surface area (Å²) in [6.07, 6.45) is 2.87. The highest BCUT2D eigenvalue weighted by Gasteiger charge is 2.08. The molecule has 0 bridgehead atoms. The van der Waals surface area contributed by atoms with Gasteiger partial charge in [0.1, 0.15) is 0 Å². The molecular weight excluding hydrogens is 246 g/mol. The summed E-state index contributed by atoms with van der Waals surface area (Å²) in [5.41, 5.74) is 12.6. The van der Waals surface area contributed by atoms with E-state index in [-0.39, 0.29) is 0 Å². The zero-order chi connectivity index (χ0) is 14.3. The Bertz CT molecular complexity index is 425. The maximum Gasteiger partial charge on any atom is 0.406 e. The second kappa shape index (κ2) is 7.30. The number of nitrogen functional groups attached to an aromatic ring is 2. The minimum absolute atomic E-state index is 0.396. The number of pyridine rings is 1. The SMILES string of the molecule is CNC(=O)OCCCCN(C)c1nccc(N)c1N. The molecule has 7 nitrogen and oxygen atoms in total. The van der Waals surface area contributed by atoms with Gasteiger partial charge in [-0.1, -0.05) is 0 Å². The molecule has 19 heavy (non-hydrogen) atoms. The van der Waals surface area contributed by atoms with E-state index in [4.69, 9.17) is 16.2 Å². The Morgan fingerprint density at radius 1 is 1.47 bits per heavy atom. The number of ether oxygens (including phenoxy) is 1. The third-order valence-corrected chi connectivity index (χ3v) is 2.69. The maximum absolute atomic E-state index is 10.8. The van der Waals surface area contributed by atoms with Crippen LogP contribution in [0.4, 0.5) is 22.0 Å². The smallest absolute Gasteiger partial charge is 0.406 e. The third-order valence-electron chi connectivity index (χ3n) is 2.69. The third kappa shape index (κ3) is 4.53. The number of anilines is 3. The van der Waals surface area contributed by atoms with Crippen LogP contribution >= 0.6 is 0 Å². The van der Waals surface area contributed by atoms with Gasteiger partial charge in [0.2, 0.25) is 0 Å². The van der Waals surface area contributed by atoms with Gasteiger partial charge in [-0.25, -0.2) is 9.78 Å². The van der Waals surface area contributed by atoms with E-state index in [1.807, 2.05) is 11.9 Å². The Labute approximate surface area is 112 Å². The van der Waals surface area contributed by atoms with Gasteiger partial charge in [0.05, 0.1) is 18.0 Å². The molecule has 0 aliphatic carbocycles. The predicted octanol–water partition coefficient (Wildman–Crippen LogP) is 0.818. The van der Waals surface area contributed by atoms with Gasteiger partial charge in [0, 0.05) is 26.8 Å². The maximum atomic E-state index is 10.8. The summed E-state index contributed by atoms with van der Waals surface area (Å²) in [4.78, 5) is 17.0. The first kappa shape index (κ1) is 14.9. The summed E-state index contributed by atoms with van der Waals surface area (Å²) in [6.45, 7) is 1.16. The number of rotatable bonds is 6. The van der Waals surface area contributed by atoms with Crippen LogP contribution in [0.25, 0.3) is 0 Å². The van der Waals surface area contributed by atoms with Gasteiger partial charge < -0.3 is 26.4 Å². The van der Waals surface area contributed by atoms with E-state index in [9.17, 15) is 4.79 Å². The molecule has 0 aliphatic rings. The lowest BCUT2D eigenvalue weighted by Gasteiger charge is -2.20. The number of nitrogens with two attached hydrogens (primary N) is 2. The van der Waals surface area contributed by atoms with Crippen molar-refractivity contribution in [2.24, 2.45) is 0 Å². The van der Waals surface area contributed by atoms with Gasteiger partial charge in [0.25, 0.3) is 0 Å². The number of nitrogens with zero attached hydrogens (tertiary/aromatic N) is 2. The fraction of sp³-hybridized carbons (Fsp3) is 0.500. The Morgan fingerprint density at radius 2 is 2.21 bits per heavy atom. The molecule has 1 amide bonds. The molecule has 5 N–H and O–H groups in total. The summed E-state index contributed by atoms with van der Waals surface area (Å²) in [5.74, 6) is 0.673. The van der Waals surface area contributed by atoms with Crippen LogP contribution in [0.5, 0.6) is 0 Å². The van der Waals surface area contributed by atoms with Crippen LogP contribution in [0.2, 0.25) is 0 Å². The predicted molar refractivity (Wildman–Crippen MR) is 76.0 cm³/mol. The highest BCUT2D eigenvalue weighted by molar-refractivity contribution is 5.75. The van der Waals surface area contributed by atoms with Crippen molar-refractivity contribution >= 4 is 23.3 Å². The zero-order valence-corrected chi connectivity index (χ0v) is 11.3. The number of hydrogen-bond donors (Lipinski definition) is 3. The quantitative estimate of drug-likeness (QED) is 0.659. The lowest BCUT2D eigenvalue weighted by Crippen LogP contribution is -2.23. The molecule has 0 aliphatic heterocycles. The highest BCUT2D eigenvalue weighted by atomic mass is 16.5. The molecule has 0 aromatic carbocycles. The molecule has 1 rings (SSSR count). The number of carbonyl (C=O) groups excluding carboxylic acids is 1. The standard InChI is InChI=1S/C12H21N5O2/c1-15-12(18)19-8-4-3-7-17(2)11-10(14)9(13)5-6-16-11/h5-6H,3-4,7-8,14H2,1-2H3,(H2,13,16)(H,15,18). The second-order valence-electron chi connectivity index (χ2n) is 4.15. The van der Waals surface area contributed by atoms with E-state index in [2.05, 4.69) is 10.3 Å². The van der Waals surface area contributed by atoms with Crippen LogP contribution < -0.4 is 21.7 Å². The molecule has 1 heterocycles. The number of carbonyl (C=O) groups is 1. The van der Waals surface area contributed by atoms with Gasteiger partial charge in [-0.2, -0.15) is 0 Å². The number of aromatic nitrogens is 1. The van der Waals surface area contributed by atoms with Crippen LogP contribution in [0.1, 0.15) is 12.8 Å². The van der Waals surface area contributed by atoms with E-state index in [0.29, 0.717) is 23.8 Å². The van der Waals surface area contributed by atoms with Gasteiger partial charge in [-0.3, -0.25) is 0 Å². The van der Waals surface area contributed by atoms with Crippen LogP contribution in [-0.2, 0) is 4.74 Å². The van der Waals surface area contributed by atoms with Gasteiger partial charge in [-0.05, 0) is 18.9 Å². The molecule has 0 atom stereocenters.